The first-order valence-electron chi connectivity index (χ1n) is 7.47. The van der Waals surface area contributed by atoms with Crippen LogP contribution in [0.25, 0.3) is 11.1 Å². The molecule has 0 saturated carbocycles. The van der Waals surface area contributed by atoms with Gasteiger partial charge in [-0.2, -0.15) is 5.26 Å². The highest BCUT2D eigenvalue weighted by molar-refractivity contribution is 5.93. The first kappa shape index (κ1) is 16.2. The van der Waals surface area contributed by atoms with E-state index in [1.165, 1.54) is 0 Å². The van der Waals surface area contributed by atoms with E-state index >= 15 is 0 Å². The number of nitrogens with one attached hydrogen (secondary N) is 1. The zero-order valence-electron chi connectivity index (χ0n) is 13.3. The molecule has 1 aliphatic heterocycles. The maximum atomic E-state index is 12.1. The largest absolute Gasteiger partial charge is 0.465 e. The molecule has 25 heavy (non-hydrogen) atoms. The number of benzene rings is 1. The number of hydrogen-bond acceptors (Lipinski definition) is 4. The molecule has 1 aliphatic rings. The lowest BCUT2D eigenvalue weighted by Crippen LogP contribution is -2.49. The molecule has 1 unspecified atom stereocenters. The summed E-state index contributed by atoms with van der Waals surface area (Å²) >= 11 is 0. The number of aromatic nitrogens is 1. The highest BCUT2D eigenvalue weighted by Gasteiger charge is 2.38. The normalized spacial score (nSPS) is 17.0. The number of imide groups is 1. The van der Waals surface area contributed by atoms with Crippen molar-refractivity contribution in [2.24, 2.45) is 0 Å². The van der Waals surface area contributed by atoms with Gasteiger partial charge in [-0.3, -0.25) is 4.98 Å². The molecule has 0 bridgehead atoms. The van der Waals surface area contributed by atoms with Crippen molar-refractivity contribution in [3.8, 4) is 17.2 Å². The second-order valence-electron chi connectivity index (χ2n) is 5.50. The zero-order chi connectivity index (χ0) is 18.0. The number of amides is 3. The molecule has 2 N–H and O–H groups in total. The van der Waals surface area contributed by atoms with E-state index in [-0.39, 0.29) is 5.57 Å². The summed E-state index contributed by atoms with van der Waals surface area (Å²) in [7, 11) is 0. The summed E-state index contributed by atoms with van der Waals surface area (Å²) in [4.78, 5) is 28.4. The number of pyridine rings is 1. The average Bonchev–Trinajstić information content (AvgIpc) is 2.61. The highest BCUT2D eigenvalue weighted by atomic mass is 16.4. The second-order valence-corrected chi connectivity index (χ2v) is 5.50. The molecule has 7 heteroatoms. The Bertz CT molecular complexity index is 915. The van der Waals surface area contributed by atoms with Crippen molar-refractivity contribution >= 4 is 12.1 Å². The Morgan fingerprint density at radius 2 is 2.08 bits per heavy atom. The van der Waals surface area contributed by atoms with Crippen LogP contribution in [0.1, 0.15) is 18.5 Å². The summed E-state index contributed by atoms with van der Waals surface area (Å²) < 4.78 is 0. The number of carboxylic acid groups (broad SMARTS) is 1. The Hall–Kier alpha value is -3.66. The van der Waals surface area contributed by atoms with Gasteiger partial charge in [-0.15, -0.1) is 0 Å². The molecule has 3 amide bonds. The predicted molar refractivity (Wildman–Crippen MR) is 89.1 cm³/mol. The van der Waals surface area contributed by atoms with Crippen molar-refractivity contribution in [2.45, 2.75) is 13.0 Å². The van der Waals surface area contributed by atoms with Gasteiger partial charge in [0.1, 0.15) is 6.04 Å². The number of carbonyl (C=O) groups is 2. The SMILES string of the molecule is CC1=C(C#N)C(c2cccc(-c3cccnc3)c2)N(C(=O)O)C(=O)N1. The topological polar surface area (TPSA) is 106 Å². The first-order valence-corrected chi connectivity index (χ1v) is 7.47. The highest BCUT2D eigenvalue weighted by Crippen LogP contribution is 2.34. The van der Waals surface area contributed by atoms with Crippen LogP contribution >= 0.6 is 0 Å². The molecule has 7 nitrogen and oxygen atoms in total. The van der Waals surface area contributed by atoms with Crippen LogP contribution in [-0.4, -0.2) is 27.1 Å². The van der Waals surface area contributed by atoms with E-state index in [2.05, 4.69) is 10.3 Å². The number of nitriles is 1. The van der Waals surface area contributed by atoms with Gasteiger partial charge < -0.3 is 10.4 Å². The Morgan fingerprint density at radius 3 is 2.72 bits per heavy atom. The Kier molecular flexibility index (Phi) is 4.18. The zero-order valence-corrected chi connectivity index (χ0v) is 13.3. The molecule has 1 atom stereocenters. The average molecular weight is 334 g/mol. The predicted octanol–water partition coefficient (Wildman–Crippen LogP) is 3.29. The van der Waals surface area contributed by atoms with Gasteiger partial charge in [0, 0.05) is 18.1 Å². The van der Waals surface area contributed by atoms with E-state index in [9.17, 15) is 20.0 Å². The van der Waals surface area contributed by atoms with Crippen LogP contribution in [0.15, 0.2) is 60.1 Å². The second kappa shape index (κ2) is 6.45. The molecule has 0 spiro atoms. The van der Waals surface area contributed by atoms with Crippen molar-refractivity contribution in [1.29, 1.82) is 5.26 Å². The van der Waals surface area contributed by atoms with Crippen LogP contribution in [0.2, 0.25) is 0 Å². The molecule has 1 aromatic heterocycles. The van der Waals surface area contributed by atoms with Gasteiger partial charge in [0.25, 0.3) is 0 Å². The third-order valence-electron chi connectivity index (χ3n) is 3.97. The third-order valence-corrected chi connectivity index (χ3v) is 3.97. The number of rotatable bonds is 2. The van der Waals surface area contributed by atoms with Crippen LogP contribution in [0.3, 0.4) is 0 Å². The van der Waals surface area contributed by atoms with Crippen LogP contribution in [0.5, 0.6) is 0 Å². The summed E-state index contributed by atoms with van der Waals surface area (Å²) in [6.07, 6.45) is 1.92. The van der Waals surface area contributed by atoms with E-state index in [1.807, 2.05) is 18.2 Å². The molecule has 124 valence electrons. The summed E-state index contributed by atoms with van der Waals surface area (Å²) in [5, 5.41) is 21.3. The quantitative estimate of drug-likeness (QED) is 0.876. The lowest BCUT2D eigenvalue weighted by molar-refractivity contribution is 0.136. The number of nitrogens with zero attached hydrogens (tertiary/aromatic N) is 3. The molecule has 2 aromatic rings. The van der Waals surface area contributed by atoms with Gasteiger partial charge >= 0.3 is 12.1 Å². The minimum absolute atomic E-state index is 0.185. The van der Waals surface area contributed by atoms with Gasteiger partial charge in [0.2, 0.25) is 0 Å². The summed E-state index contributed by atoms with van der Waals surface area (Å²) in [6, 6.07) is 11.0. The van der Waals surface area contributed by atoms with Gasteiger partial charge in [0.05, 0.1) is 11.6 Å². The fraction of sp³-hybridized carbons (Fsp3) is 0.111. The Morgan fingerprint density at radius 1 is 1.32 bits per heavy atom. The maximum Gasteiger partial charge on any atom is 0.416 e. The molecule has 3 rings (SSSR count). The molecule has 0 aliphatic carbocycles. The fourth-order valence-corrected chi connectivity index (χ4v) is 2.82. The lowest BCUT2D eigenvalue weighted by atomic mass is 9.93. The van der Waals surface area contributed by atoms with Crippen molar-refractivity contribution in [3.05, 3.63) is 65.6 Å². The molecule has 0 fully saturated rings. The number of carbonyl (C=O) groups excluding carboxylic acids is 1. The minimum Gasteiger partial charge on any atom is -0.465 e. The molecule has 2 heterocycles. The van der Waals surface area contributed by atoms with Crippen LogP contribution in [0, 0.1) is 11.3 Å². The van der Waals surface area contributed by atoms with Crippen molar-refractivity contribution in [2.75, 3.05) is 0 Å². The third kappa shape index (κ3) is 2.93. The van der Waals surface area contributed by atoms with Crippen molar-refractivity contribution < 1.29 is 14.7 Å². The van der Waals surface area contributed by atoms with Crippen LogP contribution in [-0.2, 0) is 0 Å². The van der Waals surface area contributed by atoms with Gasteiger partial charge in [0.15, 0.2) is 0 Å². The fourth-order valence-electron chi connectivity index (χ4n) is 2.82. The Labute approximate surface area is 143 Å². The summed E-state index contributed by atoms with van der Waals surface area (Å²) in [5.41, 5.74) is 2.74. The standard InChI is InChI=1S/C18H14N4O3/c1-11-15(9-19)16(22(18(24)25)17(23)21-11)13-5-2-4-12(8-13)14-6-3-7-20-10-14/h2-8,10,16H,1H3,(H,21,23)(H,24,25). The van der Waals surface area contributed by atoms with Crippen molar-refractivity contribution in [1.82, 2.24) is 15.2 Å². The van der Waals surface area contributed by atoms with E-state index in [4.69, 9.17) is 0 Å². The van der Waals surface area contributed by atoms with Crippen molar-refractivity contribution in [3.63, 3.8) is 0 Å². The Balaban J connectivity index is 2.15. The number of allylic oxidation sites excluding steroid dienone is 1. The van der Waals surface area contributed by atoms with E-state index in [0.717, 1.165) is 11.1 Å². The molecule has 0 saturated heterocycles. The van der Waals surface area contributed by atoms with Crippen LogP contribution in [0.4, 0.5) is 9.59 Å². The first-order chi connectivity index (χ1) is 12.0. The monoisotopic (exact) mass is 334 g/mol. The van der Waals surface area contributed by atoms with Crippen LogP contribution < -0.4 is 5.32 Å². The number of urea groups is 1. The number of hydrogen-bond donors (Lipinski definition) is 2. The van der Waals surface area contributed by atoms with Gasteiger partial charge in [-0.05, 0) is 35.7 Å². The summed E-state index contributed by atoms with van der Waals surface area (Å²) in [5.74, 6) is 0. The van der Waals surface area contributed by atoms with E-state index in [0.29, 0.717) is 16.2 Å². The molecular weight excluding hydrogens is 320 g/mol. The smallest absolute Gasteiger partial charge is 0.416 e. The molecule has 1 aromatic carbocycles. The van der Waals surface area contributed by atoms with E-state index < -0.39 is 18.2 Å². The minimum atomic E-state index is -1.42. The molecule has 0 radical (unpaired) electrons. The van der Waals surface area contributed by atoms with E-state index in [1.54, 1.807) is 43.6 Å². The van der Waals surface area contributed by atoms with Gasteiger partial charge in [-0.25, -0.2) is 14.5 Å². The van der Waals surface area contributed by atoms with Gasteiger partial charge in [-0.1, -0.05) is 24.3 Å². The summed E-state index contributed by atoms with van der Waals surface area (Å²) in [6.45, 7) is 1.58. The molecular formula is C18H14N4O3. The lowest BCUT2D eigenvalue weighted by Gasteiger charge is -2.33. The maximum absolute atomic E-state index is 12.1.